The second-order valence-electron chi connectivity index (χ2n) is 4.63. The van der Waals surface area contributed by atoms with Crippen LogP contribution in [0.4, 0.5) is 8.78 Å². The summed E-state index contributed by atoms with van der Waals surface area (Å²) < 4.78 is 25.6. The van der Waals surface area contributed by atoms with Gasteiger partial charge in [0.25, 0.3) is 6.43 Å². The second kappa shape index (κ2) is 4.96. The fraction of sp³-hybridized carbons (Fsp3) is 0.462. The van der Waals surface area contributed by atoms with Gasteiger partial charge in [-0.2, -0.15) is 0 Å². The molecular weight excluding hydrogens is 306 g/mol. The third kappa shape index (κ3) is 2.16. The number of alkyl halides is 2. The summed E-state index contributed by atoms with van der Waals surface area (Å²) in [6.45, 7) is 0. The lowest BCUT2D eigenvalue weighted by Gasteiger charge is -2.25. The van der Waals surface area contributed by atoms with Crippen LogP contribution in [0.15, 0.2) is 22.7 Å². The Morgan fingerprint density at radius 2 is 1.94 bits per heavy atom. The monoisotopic (exact) mass is 318 g/mol. The molecule has 0 atom stereocenters. The van der Waals surface area contributed by atoms with Crippen LogP contribution >= 0.6 is 15.9 Å². The smallest absolute Gasteiger partial charge is 0.314 e. The number of benzene rings is 1. The Hall–Kier alpha value is -0.970. The highest BCUT2D eigenvalue weighted by Crippen LogP contribution is 2.43. The first kappa shape index (κ1) is 13.5. The Labute approximate surface area is 112 Å². The lowest BCUT2D eigenvalue weighted by molar-refractivity contribution is -0.143. The van der Waals surface area contributed by atoms with Gasteiger partial charge in [0.2, 0.25) is 0 Å². The molecule has 2 rings (SSSR count). The number of halogens is 3. The van der Waals surface area contributed by atoms with Crippen molar-refractivity contribution < 1.29 is 18.7 Å². The second-order valence-corrected chi connectivity index (χ2v) is 5.49. The number of hydrogen-bond donors (Lipinski definition) is 1. The zero-order valence-corrected chi connectivity index (χ0v) is 11.2. The molecule has 1 fully saturated rings. The Morgan fingerprint density at radius 3 is 2.39 bits per heavy atom. The molecule has 0 amide bonds. The van der Waals surface area contributed by atoms with Crippen LogP contribution in [0.3, 0.4) is 0 Å². The number of carboxylic acid groups (broad SMARTS) is 1. The third-order valence-electron chi connectivity index (χ3n) is 3.65. The fourth-order valence-electron chi connectivity index (χ4n) is 2.61. The minimum atomic E-state index is -2.56. The molecule has 1 aliphatic carbocycles. The fourth-order valence-corrected chi connectivity index (χ4v) is 3.16. The van der Waals surface area contributed by atoms with Crippen LogP contribution in [0.1, 0.15) is 43.2 Å². The first-order valence-corrected chi connectivity index (χ1v) is 6.58. The van der Waals surface area contributed by atoms with Crippen molar-refractivity contribution in [3.8, 4) is 0 Å². The molecule has 0 bridgehead atoms. The van der Waals surface area contributed by atoms with Crippen LogP contribution in [-0.2, 0) is 10.2 Å². The summed E-state index contributed by atoms with van der Waals surface area (Å²) in [7, 11) is 0. The van der Waals surface area contributed by atoms with Crippen LogP contribution in [0.25, 0.3) is 0 Å². The molecule has 5 heteroatoms. The lowest BCUT2D eigenvalue weighted by atomic mass is 9.79. The molecule has 1 aromatic rings. The van der Waals surface area contributed by atoms with Gasteiger partial charge in [-0.25, -0.2) is 8.78 Å². The maximum Gasteiger partial charge on any atom is 0.314 e. The van der Waals surface area contributed by atoms with E-state index in [1.807, 2.05) is 0 Å². The van der Waals surface area contributed by atoms with Crippen molar-refractivity contribution in [2.75, 3.05) is 0 Å². The maximum absolute atomic E-state index is 12.6. The van der Waals surface area contributed by atoms with E-state index in [-0.39, 0.29) is 10.0 Å². The molecule has 0 radical (unpaired) electrons. The topological polar surface area (TPSA) is 37.3 Å². The van der Waals surface area contributed by atoms with Gasteiger partial charge in [-0.15, -0.1) is 0 Å². The van der Waals surface area contributed by atoms with E-state index >= 15 is 0 Å². The molecular formula is C13H13BrF2O2. The zero-order valence-electron chi connectivity index (χ0n) is 9.63. The van der Waals surface area contributed by atoms with Crippen molar-refractivity contribution in [3.63, 3.8) is 0 Å². The van der Waals surface area contributed by atoms with E-state index in [4.69, 9.17) is 0 Å². The molecule has 2 nitrogen and oxygen atoms in total. The molecule has 1 aliphatic rings. The molecule has 0 heterocycles. The zero-order chi connectivity index (χ0) is 13.3. The average molecular weight is 319 g/mol. The van der Waals surface area contributed by atoms with E-state index in [0.29, 0.717) is 18.4 Å². The predicted molar refractivity (Wildman–Crippen MR) is 66.9 cm³/mol. The normalized spacial score (nSPS) is 18.2. The quantitative estimate of drug-likeness (QED) is 0.903. The summed E-state index contributed by atoms with van der Waals surface area (Å²) in [5.41, 5.74) is -0.385. The number of aliphatic carboxylic acids is 1. The van der Waals surface area contributed by atoms with Crippen LogP contribution < -0.4 is 0 Å². The standard InChI is InChI=1S/C13H13BrF2O2/c14-10-7-8(3-4-9(10)11(15)16)13(12(17)18)5-1-2-6-13/h3-4,7,11H,1-2,5-6H2,(H,17,18). The van der Waals surface area contributed by atoms with Gasteiger partial charge in [-0.05, 0) is 24.5 Å². The number of hydrogen-bond acceptors (Lipinski definition) is 1. The van der Waals surface area contributed by atoms with E-state index in [1.165, 1.54) is 18.2 Å². The minimum absolute atomic E-state index is 0.0997. The van der Waals surface area contributed by atoms with Crippen LogP contribution in [0.5, 0.6) is 0 Å². The van der Waals surface area contributed by atoms with Crippen molar-refractivity contribution in [1.82, 2.24) is 0 Å². The summed E-state index contributed by atoms with van der Waals surface area (Å²) >= 11 is 3.10. The van der Waals surface area contributed by atoms with E-state index in [9.17, 15) is 18.7 Å². The number of carboxylic acids is 1. The van der Waals surface area contributed by atoms with Crippen molar-refractivity contribution in [2.24, 2.45) is 0 Å². The first-order valence-electron chi connectivity index (χ1n) is 5.79. The Balaban J connectivity index is 2.44. The van der Waals surface area contributed by atoms with Gasteiger partial charge in [-0.1, -0.05) is 40.9 Å². The van der Waals surface area contributed by atoms with E-state index in [1.54, 1.807) is 0 Å². The van der Waals surface area contributed by atoms with Gasteiger partial charge in [0.1, 0.15) is 0 Å². The van der Waals surface area contributed by atoms with Crippen molar-refractivity contribution in [1.29, 1.82) is 0 Å². The summed E-state index contributed by atoms with van der Waals surface area (Å²) in [5.74, 6) is -0.864. The Bertz CT molecular complexity index is 468. The number of rotatable bonds is 3. The van der Waals surface area contributed by atoms with Crippen LogP contribution in [0, 0.1) is 0 Å². The van der Waals surface area contributed by atoms with Crippen LogP contribution in [-0.4, -0.2) is 11.1 Å². The Morgan fingerprint density at radius 1 is 1.33 bits per heavy atom. The third-order valence-corrected chi connectivity index (χ3v) is 4.34. The molecule has 0 aromatic heterocycles. The molecule has 0 spiro atoms. The SMILES string of the molecule is O=C(O)C1(c2ccc(C(F)F)c(Br)c2)CCCC1. The number of carbonyl (C=O) groups is 1. The van der Waals surface area contributed by atoms with E-state index < -0.39 is 17.8 Å². The molecule has 0 unspecified atom stereocenters. The largest absolute Gasteiger partial charge is 0.481 e. The van der Waals surface area contributed by atoms with Crippen molar-refractivity contribution >= 4 is 21.9 Å². The van der Waals surface area contributed by atoms with Crippen molar-refractivity contribution in [3.05, 3.63) is 33.8 Å². The van der Waals surface area contributed by atoms with E-state index in [2.05, 4.69) is 15.9 Å². The maximum atomic E-state index is 12.6. The molecule has 1 saturated carbocycles. The highest BCUT2D eigenvalue weighted by Gasteiger charge is 2.43. The summed E-state index contributed by atoms with van der Waals surface area (Å²) in [6, 6.07) is 4.36. The highest BCUT2D eigenvalue weighted by atomic mass is 79.9. The summed E-state index contributed by atoms with van der Waals surface area (Å²) in [4.78, 5) is 11.5. The molecule has 1 N–H and O–H groups in total. The highest BCUT2D eigenvalue weighted by molar-refractivity contribution is 9.10. The molecule has 98 valence electrons. The van der Waals surface area contributed by atoms with Gasteiger partial charge in [0.15, 0.2) is 0 Å². The van der Waals surface area contributed by atoms with Crippen LogP contribution in [0.2, 0.25) is 0 Å². The van der Waals surface area contributed by atoms with Gasteiger partial charge in [-0.3, -0.25) is 4.79 Å². The van der Waals surface area contributed by atoms with Gasteiger partial charge in [0, 0.05) is 10.0 Å². The Kier molecular flexibility index (Phi) is 3.71. The lowest BCUT2D eigenvalue weighted by Crippen LogP contribution is -2.32. The van der Waals surface area contributed by atoms with Gasteiger partial charge < -0.3 is 5.11 Å². The van der Waals surface area contributed by atoms with Gasteiger partial charge in [0.05, 0.1) is 5.41 Å². The molecule has 18 heavy (non-hydrogen) atoms. The minimum Gasteiger partial charge on any atom is -0.481 e. The molecule has 0 saturated heterocycles. The predicted octanol–water partition coefficient (Wildman–Crippen LogP) is 4.28. The summed E-state index contributed by atoms with van der Waals surface area (Å²) in [5, 5.41) is 9.42. The van der Waals surface area contributed by atoms with E-state index in [0.717, 1.165) is 12.8 Å². The summed E-state index contributed by atoms with van der Waals surface area (Å²) in [6.07, 6.45) is 0.310. The average Bonchev–Trinajstić information content (AvgIpc) is 2.78. The van der Waals surface area contributed by atoms with Crippen molar-refractivity contribution in [2.45, 2.75) is 37.5 Å². The first-order chi connectivity index (χ1) is 8.47. The van der Waals surface area contributed by atoms with Gasteiger partial charge >= 0.3 is 5.97 Å². The molecule has 1 aromatic carbocycles. The molecule has 0 aliphatic heterocycles.